The second kappa shape index (κ2) is 5.41. The molecular formula is C14H21NO2S. The molecule has 0 aromatic carbocycles. The van der Waals surface area contributed by atoms with Crippen LogP contribution in [0.3, 0.4) is 0 Å². The summed E-state index contributed by atoms with van der Waals surface area (Å²) in [6.07, 6.45) is 1.26. The first-order chi connectivity index (χ1) is 8.51. The lowest BCUT2D eigenvalue weighted by Crippen LogP contribution is -2.48. The van der Waals surface area contributed by atoms with Gasteiger partial charge in [0.05, 0.1) is 17.1 Å². The fourth-order valence-electron chi connectivity index (χ4n) is 2.48. The third-order valence-corrected chi connectivity index (χ3v) is 4.63. The van der Waals surface area contributed by atoms with Crippen molar-refractivity contribution in [2.75, 3.05) is 13.1 Å². The first-order valence-corrected chi connectivity index (χ1v) is 7.37. The zero-order chi connectivity index (χ0) is 13.3. The van der Waals surface area contributed by atoms with E-state index in [0.29, 0.717) is 13.1 Å². The molecule has 1 aliphatic rings. The van der Waals surface area contributed by atoms with E-state index in [-0.39, 0.29) is 18.1 Å². The van der Waals surface area contributed by atoms with Crippen LogP contribution in [0.25, 0.3) is 0 Å². The van der Waals surface area contributed by atoms with Crippen LogP contribution in [0.1, 0.15) is 40.9 Å². The minimum absolute atomic E-state index is 0.129. The average Bonchev–Trinajstić information content (AvgIpc) is 2.68. The summed E-state index contributed by atoms with van der Waals surface area (Å²) in [4.78, 5) is 16.6. The van der Waals surface area contributed by atoms with Gasteiger partial charge in [0.2, 0.25) is 0 Å². The van der Waals surface area contributed by atoms with Gasteiger partial charge >= 0.3 is 0 Å². The van der Waals surface area contributed by atoms with E-state index in [0.717, 1.165) is 11.3 Å². The van der Waals surface area contributed by atoms with Gasteiger partial charge in [-0.3, -0.25) is 4.79 Å². The van der Waals surface area contributed by atoms with Crippen molar-refractivity contribution >= 4 is 17.2 Å². The minimum Gasteiger partial charge on any atom is -0.372 e. The normalized spacial score (nSPS) is 24.3. The molecule has 1 amide bonds. The Morgan fingerprint density at radius 3 is 2.56 bits per heavy atom. The van der Waals surface area contributed by atoms with E-state index in [4.69, 9.17) is 4.74 Å². The minimum atomic E-state index is 0.129. The quantitative estimate of drug-likeness (QED) is 0.824. The lowest BCUT2D eigenvalue weighted by atomic mass is 10.2. The molecule has 0 saturated carbocycles. The van der Waals surface area contributed by atoms with Crippen LogP contribution < -0.4 is 0 Å². The highest BCUT2D eigenvalue weighted by Crippen LogP contribution is 2.24. The molecule has 100 valence electrons. The first kappa shape index (κ1) is 13.6. The van der Waals surface area contributed by atoms with E-state index in [2.05, 4.69) is 13.8 Å². The lowest BCUT2D eigenvalue weighted by Gasteiger charge is -2.35. The Hall–Kier alpha value is -0.870. The Labute approximate surface area is 113 Å². The molecule has 0 spiro atoms. The van der Waals surface area contributed by atoms with Crippen LogP contribution >= 0.6 is 11.3 Å². The smallest absolute Gasteiger partial charge is 0.264 e. The molecular weight excluding hydrogens is 246 g/mol. The molecule has 1 aromatic heterocycles. The van der Waals surface area contributed by atoms with Crippen molar-refractivity contribution in [2.45, 2.75) is 46.3 Å². The molecule has 1 aliphatic heterocycles. The van der Waals surface area contributed by atoms with E-state index < -0.39 is 0 Å². The summed E-state index contributed by atoms with van der Waals surface area (Å²) in [5.74, 6) is 0.157. The summed E-state index contributed by atoms with van der Waals surface area (Å²) in [7, 11) is 0. The number of nitrogens with zero attached hydrogens (tertiary/aromatic N) is 1. The molecule has 0 aliphatic carbocycles. The summed E-state index contributed by atoms with van der Waals surface area (Å²) in [6, 6.07) is 2.02. The standard InChI is InChI=1S/C14H21NO2S/c1-5-12-9(2)6-13(18-12)14(16)15-7-10(3)17-11(4)8-15/h6,10-11H,5,7-8H2,1-4H3. The predicted octanol–water partition coefficient (Wildman–Crippen LogP) is 2.87. The Balaban J connectivity index is 2.14. The molecule has 0 radical (unpaired) electrons. The number of hydrogen-bond acceptors (Lipinski definition) is 3. The Kier molecular flexibility index (Phi) is 4.07. The van der Waals surface area contributed by atoms with E-state index >= 15 is 0 Å². The average molecular weight is 267 g/mol. The van der Waals surface area contributed by atoms with Gasteiger partial charge in [-0.25, -0.2) is 0 Å². The van der Waals surface area contributed by atoms with Crippen molar-refractivity contribution in [3.63, 3.8) is 0 Å². The number of morpholine rings is 1. The van der Waals surface area contributed by atoms with Crippen LogP contribution in [-0.4, -0.2) is 36.1 Å². The molecule has 18 heavy (non-hydrogen) atoms. The lowest BCUT2D eigenvalue weighted by molar-refractivity contribution is -0.0585. The molecule has 3 nitrogen and oxygen atoms in total. The molecule has 4 heteroatoms. The van der Waals surface area contributed by atoms with E-state index in [1.54, 1.807) is 11.3 Å². The SMILES string of the molecule is CCc1sc(C(=O)N2CC(C)OC(C)C2)cc1C. The van der Waals surface area contributed by atoms with Gasteiger partial charge in [-0.15, -0.1) is 11.3 Å². The monoisotopic (exact) mass is 267 g/mol. The largest absolute Gasteiger partial charge is 0.372 e. The summed E-state index contributed by atoms with van der Waals surface area (Å²) in [5, 5.41) is 0. The van der Waals surface area contributed by atoms with Crippen LogP contribution in [-0.2, 0) is 11.2 Å². The molecule has 2 heterocycles. The summed E-state index contributed by atoms with van der Waals surface area (Å²) in [5.41, 5.74) is 1.24. The van der Waals surface area contributed by atoms with Crippen molar-refractivity contribution in [1.29, 1.82) is 0 Å². The van der Waals surface area contributed by atoms with Gasteiger partial charge in [-0.05, 0) is 38.8 Å². The second-order valence-corrected chi connectivity index (χ2v) is 6.17. The van der Waals surface area contributed by atoms with Crippen molar-refractivity contribution in [3.8, 4) is 0 Å². The maximum atomic E-state index is 12.5. The predicted molar refractivity (Wildman–Crippen MR) is 74.3 cm³/mol. The number of hydrogen-bond donors (Lipinski definition) is 0. The molecule has 2 atom stereocenters. The summed E-state index contributed by atoms with van der Waals surface area (Å²) >= 11 is 1.63. The van der Waals surface area contributed by atoms with Crippen LogP contribution in [0.2, 0.25) is 0 Å². The number of ether oxygens (including phenoxy) is 1. The Bertz CT molecular complexity index is 431. The molecule has 0 bridgehead atoms. The topological polar surface area (TPSA) is 29.5 Å². The second-order valence-electron chi connectivity index (χ2n) is 5.04. The number of carbonyl (C=O) groups excluding carboxylic acids is 1. The molecule has 0 N–H and O–H groups in total. The van der Waals surface area contributed by atoms with Crippen molar-refractivity contribution < 1.29 is 9.53 Å². The highest BCUT2D eigenvalue weighted by molar-refractivity contribution is 7.14. The van der Waals surface area contributed by atoms with Gasteiger partial charge in [0.25, 0.3) is 5.91 Å². The number of rotatable bonds is 2. The van der Waals surface area contributed by atoms with E-state index in [1.807, 2.05) is 24.8 Å². The maximum Gasteiger partial charge on any atom is 0.264 e. The number of aryl methyl sites for hydroxylation is 2. The summed E-state index contributed by atoms with van der Waals surface area (Å²) < 4.78 is 5.66. The zero-order valence-corrected chi connectivity index (χ0v) is 12.3. The number of carbonyl (C=O) groups is 1. The fraction of sp³-hybridized carbons (Fsp3) is 0.643. The molecule has 1 fully saturated rings. The van der Waals surface area contributed by atoms with Gasteiger partial charge in [-0.1, -0.05) is 6.92 Å². The molecule has 1 saturated heterocycles. The third-order valence-electron chi connectivity index (χ3n) is 3.26. The summed E-state index contributed by atoms with van der Waals surface area (Å²) in [6.45, 7) is 9.64. The van der Waals surface area contributed by atoms with Crippen LogP contribution in [0.15, 0.2) is 6.07 Å². The van der Waals surface area contributed by atoms with Gasteiger partial charge in [0.1, 0.15) is 0 Å². The zero-order valence-electron chi connectivity index (χ0n) is 11.5. The van der Waals surface area contributed by atoms with Gasteiger partial charge < -0.3 is 9.64 Å². The highest BCUT2D eigenvalue weighted by atomic mass is 32.1. The van der Waals surface area contributed by atoms with E-state index in [9.17, 15) is 4.79 Å². The van der Waals surface area contributed by atoms with Crippen molar-refractivity contribution in [3.05, 3.63) is 21.4 Å². The van der Waals surface area contributed by atoms with E-state index in [1.165, 1.54) is 10.4 Å². The van der Waals surface area contributed by atoms with Gasteiger partial charge in [0.15, 0.2) is 0 Å². The van der Waals surface area contributed by atoms with Crippen LogP contribution in [0.4, 0.5) is 0 Å². The number of amides is 1. The fourth-order valence-corrected chi connectivity index (χ4v) is 3.56. The molecule has 2 unspecified atom stereocenters. The Morgan fingerprint density at radius 2 is 2.06 bits per heavy atom. The number of thiophene rings is 1. The molecule has 2 rings (SSSR count). The van der Waals surface area contributed by atoms with Crippen molar-refractivity contribution in [1.82, 2.24) is 4.90 Å². The first-order valence-electron chi connectivity index (χ1n) is 6.55. The maximum absolute atomic E-state index is 12.5. The third kappa shape index (κ3) is 2.75. The van der Waals surface area contributed by atoms with Gasteiger partial charge in [0, 0.05) is 18.0 Å². The van der Waals surface area contributed by atoms with Crippen LogP contribution in [0, 0.1) is 6.92 Å². The van der Waals surface area contributed by atoms with Crippen molar-refractivity contribution in [2.24, 2.45) is 0 Å². The van der Waals surface area contributed by atoms with Gasteiger partial charge in [-0.2, -0.15) is 0 Å². The molecule has 1 aromatic rings. The highest BCUT2D eigenvalue weighted by Gasteiger charge is 2.27. The van der Waals surface area contributed by atoms with Crippen LogP contribution in [0.5, 0.6) is 0 Å². The Morgan fingerprint density at radius 1 is 1.44 bits per heavy atom.